The molecule has 8 heteroatoms. The molecule has 1 heterocycles. The van der Waals surface area contributed by atoms with Crippen molar-refractivity contribution in [3.8, 4) is 0 Å². The molecule has 0 aliphatic heterocycles. The molecule has 1 aliphatic carbocycles. The number of likely N-dealkylation sites (N-methyl/N-ethyl adjacent to an activating group) is 1. The molecule has 1 fully saturated rings. The van der Waals surface area contributed by atoms with E-state index < -0.39 is 11.5 Å². The van der Waals surface area contributed by atoms with Gasteiger partial charge in [-0.15, -0.1) is 5.10 Å². The number of aliphatic carboxylic acids is 1. The summed E-state index contributed by atoms with van der Waals surface area (Å²) in [6.07, 6.45) is 1.94. The molecular formula is C13H22N4O3S. The largest absolute Gasteiger partial charge is 0.480 e. The van der Waals surface area contributed by atoms with Gasteiger partial charge in [0, 0.05) is 11.3 Å². The highest BCUT2D eigenvalue weighted by Gasteiger charge is 2.45. The molecule has 0 spiro atoms. The van der Waals surface area contributed by atoms with Gasteiger partial charge in [0.1, 0.15) is 5.54 Å². The summed E-state index contributed by atoms with van der Waals surface area (Å²) in [6.45, 7) is 6.39. The number of nitrogens with zero attached hydrogens (tertiary/aromatic N) is 2. The number of carboxylic acids is 1. The quantitative estimate of drug-likeness (QED) is 0.730. The Morgan fingerprint density at radius 1 is 1.67 bits per heavy atom. The molecule has 118 valence electrons. The van der Waals surface area contributed by atoms with Gasteiger partial charge in [-0.05, 0) is 39.7 Å². The Kier molecular flexibility index (Phi) is 4.77. The first-order valence-electron chi connectivity index (χ1n) is 7.21. The Morgan fingerprint density at radius 3 is 2.95 bits per heavy atom. The van der Waals surface area contributed by atoms with E-state index in [1.807, 2.05) is 20.8 Å². The smallest absolute Gasteiger partial charge is 0.344 e. The average molecular weight is 314 g/mol. The van der Waals surface area contributed by atoms with Crippen LogP contribution >= 0.6 is 11.8 Å². The van der Waals surface area contributed by atoms with Crippen molar-refractivity contribution >= 4 is 17.7 Å². The second-order valence-electron chi connectivity index (χ2n) is 5.68. The van der Waals surface area contributed by atoms with E-state index in [4.69, 9.17) is 0 Å². The summed E-state index contributed by atoms with van der Waals surface area (Å²) in [5.74, 6) is -0.796. The number of carbonyl (C=O) groups is 1. The van der Waals surface area contributed by atoms with Crippen LogP contribution in [0.25, 0.3) is 0 Å². The molecule has 21 heavy (non-hydrogen) atoms. The van der Waals surface area contributed by atoms with Crippen molar-refractivity contribution in [2.75, 3.05) is 6.54 Å². The minimum atomic E-state index is -0.842. The topological polar surface area (TPSA) is 100 Å². The predicted octanol–water partition coefficient (Wildman–Crippen LogP) is 1.23. The number of aromatic amines is 1. The van der Waals surface area contributed by atoms with Crippen molar-refractivity contribution in [2.24, 2.45) is 0 Å². The van der Waals surface area contributed by atoms with Crippen molar-refractivity contribution < 1.29 is 9.90 Å². The Labute approximate surface area is 127 Å². The number of rotatable bonds is 6. The summed E-state index contributed by atoms with van der Waals surface area (Å²) >= 11 is 1.49. The number of thioether (sulfide) groups is 1. The summed E-state index contributed by atoms with van der Waals surface area (Å²) in [6, 6.07) is 0.0261. The van der Waals surface area contributed by atoms with Gasteiger partial charge in [-0.25, -0.2) is 9.89 Å². The van der Waals surface area contributed by atoms with Gasteiger partial charge in [-0.1, -0.05) is 18.7 Å². The summed E-state index contributed by atoms with van der Waals surface area (Å²) in [5.41, 5.74) is -1.06. The minimum Gasteiger partial charge on any atom is -0.480 e. The van der Waals surface area contributed by atoms with Crippen molar-refractivity contribution in [3.05, 3.63) is 10.5 Å². The monoisotopic (exact) mass is 314 g/mol. The van der Waals surface area contributed by atoms with Gasteiger partial charge in [-0.3, -0.25) is 9.36 Å². The number of nitrogens with one attached hydrogen (secondary N) is 2. The summed E-state index contributed by atoms with van der Waals surface area (Å²) in [5, 5.41) is 19.9. The van der Waals surface area contributed by atoms with E-state index in [0.29, 0.717) is 24.5 Å². The van der Waals surface area contributed by atoms with Crippen molar-refractivity contribution in [1.29, 1.82) is 0 Å². The lowest BCUT2D eigenvalue weighted by Gasteiger charge is -2.25. The van der Waals surface area contributed by atoms with E-state index in [9.17, 15) is 14.7 Å². The molecule has 3 N–H and O–H groups in total. The van der Waals surface area contributed by atoms with Gasteiger partial charge in [0.05, 0.1) is 0 Å². The molecule has 0 amide bonds. The lowest BCUT2D eigenvalue weighted by molar-refractivity contribution is -0.144. The van der Waals surface area contributed by atoms with E-state index in [1.54, 1.807) is 4.57 Å². The van der Waals surface area contributed by atoms with Crippen molar-refractivity contribution in [2.45, 2.75) is 62.0 Å². The third-order valence-electron chi connectivity index (χ3n) is 3.85. The SMILES string of the molecule is CCNC1(C(=O)O)CCC(Sc2n[nH]c(=O)n2C(C)C)C1. The lowest BCUT2D eigenvalue weighted by atomic mass is 9.98. The molecule has 0 radical (unpaired) electrons. The molecule has 2 atom stereocenters. The van der Waals surface area contributed by atoms with Gasteiger partial charge >= 0.3 is 11.7 Å². The van der Waals surface area contributed by atoms with Crippen LogP contribution in [0.2, 0.25) is 0 Å². The first-order chi connectivity index (χ1) is 9.89. The lowest BCUT2D eigenvalue weighted by Crippen LogP contribution is -2.50. The van der Waals surface area contributed by atoms with Gasteiger partial charge < -0.3 is 10.4 Å². The van der Waals surface area contributed by atoms with Crippen LogP contribution in [-0.4, -0.2) is 43.2 Å². The van der Waals surface area contributed by atoms with Gasteiger partial charge in [-0.2, -0.15) is 0 Å². The zero-order valence-corrected chi connectivity index (χ0v) is 13.4. The molecule has 1 aromatic rings. The fraction of sp³-hybridized carbons (Fsp3) is 0.769. The van der Waals surface area contributed by atoms with E-state index >= 15 is 0 Å². The van der Waals surface area contributed by atoms with Crippen LogP contribution in [0.1, 0.15) is 46.1 Å². The molecule has 0 aromatic carbocycles. The number of hydrogen-bond acceptors (Lipinski definition) is 5. The summed E-state index contributed by atoms with van der Waals surface area (Å²) < 4.78 is 1.61. The van der Waals surface area contributed by atoms with Gasteiger partial charge in [0.25, 0.3) is 0 Å². The minimum absolute atomic E-state index is 0.0261. The number of hydrogen-bond donors (Lipinski definition) is 3. The molecule has 2 unspecified atom stereocenters. The van der Waals surface area contributed by atoms with Crippen LogP contribution in [0, 0.1) is 0 Å². The highest BCUT2D eigenvalue weighted by atomic mass is 32.2. The maximum atomic E-state index is 11.7. The second kappa shape index (κ2) is 6.23. The van der Waals surface area contributed by atoms with Crippen LogP contribution in [0.4, 0.5) is 0 Å². The molecule has 2 rings (SSSR count). The second-order valence-corrected chi connectivity index (χ2v) is 6.94. The van der Waals surface area contributed by atoms with Crippen LogP contribution in [0.3, 0.4) is 0 Å². The molecular weight excluding hydrogens is 292 g/mol. The first-order valence-corrected chi connectivity index (χ1v) is 8.09. The molecule has 1 saturated carbocycles. The van der Waals surface area contributed by atoms with E-state index in [2.05, 4.69) is 15.5 Å². The normalized spacial score (nSPS) is 25.6. The highest BCUT2D eigenvalue weighted by molar-refractivity contribution is 7.99. The molecule has 1 aliphatic rings. The first kappa shape index (κ1) is 16.1. The Bertz CT molecular complexity index is 568. The molecule has 7 nitrogen and oxygen atoms in total. The summed E-state index contributed by atoms with van der Waals surface area (Å²) in [4.78, 5) is 23.3. The Morgan fingerprint density at radius 2 is 2.38 bits per heavy atom. The highest BCUT2D eigenvalue weighted by Crippen LogP contribution is 2.40. The standard InChI is InChI=1S/C13H22N4O3S/c1-4-14-13(10(18)19)6-5-9(7-13)21-12-16-15-11(20)17(12)8(2)3/h8-9,14H,4-7H2,1-3H3,(H,15,20)(H,18,19). The van der Waals surface area contributed by atoms with Crippen molar-refractivity contribution in [3.63, 3.8) is 0 Å². The molecule has 1 aromatic heterocycles. The maximum absolute atomic E-state index is 11.7. The van der Waals surface area contributed by atoms with E-state index in [-0.39, 0.29) is 17.0 Å². The molecule has 0 saturated heterocycles. The number of aromatic nitrogens is 3. The fourth-order valence-electron chi connectivity index (χ4n) is 2.85. The zero-order valence-electron chi connectivity index (χ0n) is 12.5. The third kappa shape index (κ3) is 3.16. The third-order valence-corrected chi connectivity index (χ3v) is 5.09. The Balaban J connectivity index is 2.13. The van der Waals surface area contributed by atoms with Gasteiger partial charge in [0.2, 0.25) is 0 Å². The average Bonchev–Trinajstić information content (AvgIpc) is 2.96. The van der Waals surface area contributed by atoms with Crippen LogP contribution in [0.15, 0.2) is 9.95 Å². The van der Waals surface area contributed by atoms with Crippen LogP contribution in [-0.2, 0) is 4.79 Å². The number of carboxylic acid groups (broad SMARTS) is 1. The van der Waals surface area contributed by atoms with Crippen molar-refractivity contribution in [1.82, 2.24) is 20.1 Å². The van der Waals surface area contributed by atoms with Gasteiger partial charge in [0.15, 0.2) is 5.16 Å². The molecule has 0 bridgehead atoms. The number of H-pyrrole nitrogens is 1. The Hall–Kier alpha value is -1.28. The zero-order chi connectivity index (χ0) is 15.6. The van der Waals surface area contributed by atoms with E-state index in [1.165, 1.54) is 11.8 Å². The van der Waals surface area contributed by atoms with Crippen LogP contribution < -0.4 is 11.0 Å². The summed E-state index contributed by atoms with van der Waals surface area (Å²) in [7, 11) is 0. The predicted molar refractivity (Wildman–Crippen MR) is 80.8 cm³/mol. The van der Waals surface area contributed by atoms with Crippen LogP contribution in [0.5, 0.6) is 0 Å². The fourth-order valence-corrected chi connectivity index (χ4v) is 4.25. The maximum Gasteiger partial charge on any atom is 0.344 e. The van der Waals surface area contributed by atoms with E-state index in [0.717, 1.165) is 6.42 Å².